The molecule has 2 fully saturated rings. The fraction of sp³-hybridized carbons (Fsp3) is 0.882. The van der Waals surface area contributed by atoms with Gasteiger partial charge in [-0.15, -0.1) is 0 Å². The first-order valence-electron chi connectivity index (χ1n) is 8.32. The van der Waals surface area contributed by atoms with Gasteiger partial charge < -0.3 is 10.4 Å². The van der Waals surface area contributed by atoms with Crippen LogP contribution < -0.4 is 5.32 Å². The molecule has 1 amide bonds. The van der Waals surface area contributed by atoms with E-state index in [4.69, 9.17) is 0 Å². The van der Waals surface area contributed by atoms with E-state index >= 15 is 0 Å². The summed E-state index contributed by atoms with van der Waals surface area (Å²) in [5.74, 6) is -1.06. The molecule has 2 saturated carbocycles. The van der Waals surface area contributed by atoms with E-state index in [1.807, 2.05) is 0 Å². The first-order chi connectivity index (χ1) is 9.78. The second-order valence-corrected chi connectivity index (χ2v) is 7.95. The summed E-state index contributed by atoms with van der Waals surface area (Å²) < 4.78 is 0. The van der Waals surface area contributed by atoms with Gasteiger partial charge in [-0.05, 0) is 43.4 Å². The van der Waals surface area contributed by atoms with Gasteiger partial charge in [0.2, 0.25) is 5.91 Å². The Morgan fingerprint density at radius 3 is 2.29 bits per heavy atom. The maximum absolute atomic E-state index is 12.5. The molecule has 0 unspecified atom stereocenters. The van der Waals surface area contributed by atoms with Crippen molar-refractivity contribution in [1.29, 1.82) is 0 Å². The predicted molar refractivity (Wildman–Crippen MR) is 81.8 cm³/mol. The summed E-state index contributed by atoms with van der Waals surface area (Å²) in [6.45, 7) is 6.74. The van der Waals surface area contributed by atoms with Crippen LogP contribution in [0.3, 0.4) is 0 Å². The van der Waals surface area contributed by atoms with Crippen LogP contribution in [0.15, 0.2) is 0 Å². The third kappa shape index (κ3) is 4.21. The monoisotopic (exact) mass is 295 g/mol. The van der Waals surface area contributed by atoms with Gasteiger partial charge >= 0.3 is 5.97 Å². The lowest BCUT2D eigenvalue weighted by atomic mass is 9.70. The molecular formula is C17H29NO3. The third-order valence-electron chi connectivity index (χ3n) is 5.15. The zero-order valence-corrected chi connectivity index (χ0v) is 13.5. The summed E-state index contributed by atoms with van der Waals surface area (Å²) in [7, 11) is 0. The standard InChI is InChI=1S/C17H29NO3/c1-11-8-12(10-17(2,3)9-11)18-15(19)13-6-4-5-7-14(13)16(20)21/h11-14H,4-10H2,1-3H3,(H,18,19)(H,20,21)/t11-,12+,13+,14+/m1/s1. The zero-order valence-electron chi connectivity index (χ0n) is 13.5. The fourth-order valence-corrected chi connectivity index (χ4v) is 4.50. The lowest BCUT2D eigenvalue weighted by molar-refractivity contribution is -0.149. The molecule has 2 rings (SSSR count). The highest BCUT2D eigenvalue weighted by Crippen LogP contribution is 2.39. The van der Waals surface area contributed by atoms with Crippen LogP contribution in [0.5, 0.6) is 0 Å². The third-order valence-corrected chi connectivity index (χ3v) is 5.15. The van der Waals surface area contributed by atoms with Crippen LogP contribution in [0.2, 0.25) is 0 Å². The van der Waals surface area contributed by atoms with Gasteiger partial charge in [-0.1, -0.05) is 33.6 Å². The van der Waals surface area contributed by atoms with E-state index in [0.717, 1.165) is 25.7 Å². The van der Waals surface area contributed by atoms with E-state index in [1.54, 1.807) is 0 Å². The van der Waals surface area contributed by atoms with Crippen molar-refractivity contribution >= 4 is 11.9 Å². The second kappa shape index (κ2) is 6.37. The number of hydrogen-bond acceptors (Lipinski definition) is 2. The van der Waals surface area contributed by atoms with Crippen molar-refractivity contribution in [1.82, 2.24) is 5.32 Å². The molecule has 4 heteroatoms. The highest BCUT2D eigenvalue weighted by molar-refractivity contribution is 5.85. The molecule has 0 radical (unpaired) electrons. The van der Waals surface area contributed by atoms with Gasteiger partial charge in [-0.3, -0.25) is 9.59 Å². The van der Waals surface area contributed by atoms with Gasteiger partial charge in [-0.25, -0.2) is 0 Å². The number of carboxylic acids is 1. The molecule has 2 aliphatic rings. The predicted octanol–water partition coefficient (Wildman–Crippen LogP) is 3.21. The summed E-state index contributed by atoms with van der Waals surface area (Å²) in [6, 6.07) is 0.202. The van der Waals surface area contributed by atoms with E-state index < -0.39 is 11.9 Å². The number of amides is 1. The SMILES string of the molecule is C[C@@H]1C[C@H](NC(=O)[C@H]2CCCC[C@@H]2C(=O)O)CC(C)(C)C1. The maximum atomic E-state index is 12.5. The van der Waals surface area contributed by atoms with E-state index in [1.165, 1.54) is 6.42 Å². The van der Waals surface area contributed by atoms with Gasteiger partial charge in [0.05, 0.1) is 11.8 Å². The van der Waals surface area contributed by atoms with Crippen molar-refractivity contribution in [2.75, 3.05) is 0 Å². The van der Waals surface area contributed by atoms with Crippen molar-refractivity contribution in [3.63, 3.8) is 0 Å². The van der Waals surface area contributed by atoms with Gasteiger partial charge in [0.15, 0.2) is 0 Å². The van der Waals surface area contributed by atoms with Crippen molar-refractivity contribution in [2.45, 2.75) is 71.8 Å². The van der Waals surface area contributed by atoms with Gasteiger partial charge in [0, 0.05) is 6.04 Å². The molecule has 4 nitrogen and oxygen atoms in total. The summed E-state index contributed by atoms with van der Waals surface area (Å²) in [6.07, 6.45) is 6.45. The Morgan fingerprint density at radius 1 is 1.10 bits per heavy atom. The average molecular weight is 295 g/mol. The Hall–Kier alpha value is -1.06. The molecule has 0 aromatic heterocycles. The first-order valence-corrected chi connectivity index (χ1v) is 8.32. The van der Waals surface area contributed by atoms with Gasteiger partial charge in [0.25, 0.3) is 0 Å². The van der Waals surface area contributed by atoms with Crippen molar-refractivity contribution in [2.24, 2.45) is 23.2 Å². The Bertz CT molecular complexity index is 405. The summed E-state index contributed by atoms with van der Waals surface area (Å²) in [4.78, 5) is 23.9. The lowest BCUT2D eigenvalue weighted by Gasteiger charge is -2.40. The molecule has 0 saturated heterocycles. The van der Waals surface area contributed by atoms with Crippen LogP contribution in [0.25, 0.3) is 0 Å². The first kappa shape index (κ1) is 16.3. The molecule has 21 heavy (non-hydrogen) atoms. The van der Waals surface area contributed by atoms with Crippen molar-refractivity contribution < 1.29 is 14.7 Å². The normalized spacial score (nSPS) is 36.0. The second-order valence-electron chi connectivity index (χ2n) is 7.95. The smallest absolute Gasteiger partial charge is 0.307 e. The molecule has 4 atom stereocenters. The van der Waals surface area contributed by atoms with Crippen molar-refractivity contribution in [3.05, 3.63) is 0 Å². The number of carboxylic acid groups (broad SMARTS) is 1. The summed E-state index contributed by atoms with van der Waals surface area (Å²) >= 11 is 0. The van der Waals surface area contributed by atoms with E-state index in [0.29, 0.717) is 18.8 Å². The maximum Gasteiger partial charge on any atom is 0.307 e. The Morgan fingerprint density at radius 2 is 1.71 bits per heavy atom. The fourth-order valence-electron chi connectivity index (χ4n) is 4.50. The number of rotatable bonds is 3. The van der Waals surface area contributed by atoms with Crippen LogP contribution in [0, 0.1) is 23.2 Å². The van der Waals surface area contributed by atoms with Crippen molar-refractivity contribution in [3.8, 4) is 0 Å². The minimum atomic E-state index is -0.813. The van der Waals surface area contributed by atoms with Crippen LogP contribution in [0.4, 0.5) is 0 Å². The van der Waals surface area contributed by atoms with Gasteiger partial charge in [0.1, 0.15) is 0 Å². The number of carbonyl (C=O) groups is 2. The molecule has 120 valence electrons. The number of nitrogens with one attached hydrogen (secondary N) is 1. The minimum absolute atomic E-state index is 0.0306. The van der Waals surface area contributed by atoms with Crippen LogP contribution in [0.1, 0.15) is 65.7 Å². The molecule has 2 aliphatic carbocycles. The topological polar surface area (TPSA) is 66.4 Å². The quantitative estimate of drug-likeness (QED) is 0.840. The molecule has 0 aromatic rings. The molecule has 2 N–H and O–H groups in total. The van der Waals surface area contributed by atoms with Crippen LogP contribution >= 0.6 is 0 Å². The lowest BCUT2D eigenvalue weighted by Crippen LogP contribution is -2.47. The number of carbonyl (C=O) groups excluding carboxylic acids is 1. The summed E-state index contributed by atoms with van der Waals surface area (Å²) in [5.41, 5.74) is 0.258. The van der Waals surface area contributed by atoms with Crippen LogP contribution in [-0.4, -0.2) is 23.0 Å². The highest BCUT2D eigenvalue weighted by atomic mass is 16.4. The Labute approximate surface area is 127 Å². The molecule has 0 aromatic carbocycles. The van der Waals surface area contributed by atoms with Gasteiger partial charge in [-0.2, -0.15) is 0 Å². The van der Waals surface area contributed by atoms with Crippen LogP contribution in [-0.2, 0) is 9.59 Å². The van der Waals surface area contributed by atoms with E-state index in [2.05, 4.69) is 26.1 Å². The molecule has 0 heterocycles. The van der Waals surface area contributed by atoms with E-state index in [-0.39, 0.29) is 23.3 Å². The minimum Gasteiger partial charge on any atom is -0.481 e. The average Bonchev–Trinajstić information content (AvgIpc) is 2.36. The summed E-state index contributed by atoms with van der Waals surface area (Å²) in [5, 5.41) is 12.5. The Kier molecular flexibility index (Phi) is 4.95. The zero-order chi connectivity index (χ0) is 15.6. The van der Waals surface area contributed by atoms with E-state index in [9.17, 15) is 14.7 Å². The number of hydrogen-bond donors (Lipinski definition) is 2. The highest BCUT2D eigenvalue weighted by Gasteiger charge is 2.38. The largest absolute Gasteiger partial charge is 0.481 e. The molecule has 0 bridgehead atoms. The molecule has 0 aliphatic heterocycles. The number of aliphatic carboxylic acids is 1. The molecular weight excluding hydrogens is 266 g/mol. The Balaban J connectivity index is 1.98. The molecule has 0 spiro atoms.